The third kappa shape index (κ3) is 2.05. The Balaban J connectivity index is 2.08. The molecule has 0 bridgehead atoms. The number of aliphatic hydroxyl groups excluding tert-OH is 3. The summed E-state index contributed by atoms with van der Waals surface area (Å²) in [6.45, 7) is 0. The lowest BCUT2D eigenvalue weighted by molar-refractivity contribution is -0.0814. The minimum atomic E-state index is -1.40. The lowest BCUT2D eigenvalue weighted by atomic mass is 10.1. The van der Waals surface area contributed by atoms with Crippen LogP contribution < -0.4 is 5.73 Å². The van der Waals surface area contributed by atoms with Crippen LogP contribution in [0.1, 0.15) is 6.23 Å². The van der Waals surface area contributed by atoms with Crippen LogP contribution in [0.25, 0.3) is 10.3 Å². The van der Waals surface area contributed by atoms with E-state index < -0.39 is 30.8 Å². The van der Waals surface area contributed by atoms with Crippen LogP contribution in [0.2, 0.25) is 0 Å². The molecule has 108 valence electrons. The first kappa shape index (κ1) is 13.9. The largest absolute Gasteiger partial charge is 0.387 e. The molecule has 0 spiro atoms. The molecule has 20 heavy (non-hydrogen) atoms. The van der Waals surface area contributed by atoms with E-state index in [-0.39, 0.29) is 0 Å². The predicted octanol–water partition coefficient (Wildman–Crippen LogP) is -0.881. The third-order valence-electron chi connectivity index (χ3n) is 3.15. The average molecular weight is 316 g/mol. The van der Waals surface area contributed by atoms with Crippen LogP contribution in [-0.2, 0) is 4.74 Å². The van der Waals surface area contributed by atoms with Gasteiger partial charge < -0.3 is 25.8 Å². The maximum Gasteiger partial charge on any atom is 0.166 e. The molecule has 1 aliphatic heterocycles. The molecule has 0 amide bonds. The molecule has 5 N–H and O–H groups in total. The highest BCUT2D eigenvalue weighted by atomic mass is 32.1. The van der Waals surface area contributed by atoms with Crippen molar-refractivity contribution in [1.29, 1.82) is 0 Å². The standard InChI is InChI=1S/C10H12N4O4S2/c11-7(17)6-4(15)5(16)9(18-6)14-8-3(20-10(14)19)1-12-2-13-8/h1-2,4-7,9,15-17H,11H2/t4-,5+,6-,7?,9+/m0/s1. The van der Waals surface area contributed by atoms with Crippen LogP contribution in [-0.4, -0.2) is 54.4 Å². The third-order valence-corrected chi connectivity index (χ3v) is 4.47. The highest BCUT2D eigenvalue weighted by molar-refractivity contribution is 7.73. The van der Waals surface area contributed by atoms with Crippen molar-refractivity contribution in [1.82, 2.24) is 14.5 Å². The highest BCUT2D eigenvalue weighted by Gasteiger charge is 2.46. The first-order valence-corrected chi connectivity index (χ1v) is 6.99. The Morgan fingerprint density at radius 1 is 1.45 bits per heavy atom. The Morgan fingerprint density at radius 2 is 2.20 bits per heavy atom. The molecule has 1 fully saturated rings. The molecule has 0 saturated carbocycles. The summed E-state index contributed by atoms with van der Waals surface area (Å²) < 4.78 is 8.10. The van der Waals surface area contributed by atoms with Gasteiger partial charge >= 0.3 is 0 Å². The van der Waals surface area contributed by atoms with Crippen molar-refractivity contribution in [3.8, 4) is 0 Å². The van der Waals surface area contributed by atoms with Crippen LogP contribution in [0, 0.1) is 3.95 Å². The SMILES string of the molecule is NC(O)[C@H]1O[C@@H](n2c(=S)sc3cncnc32)[C@H](O)[C@@H]1O. The fraction of sp³-hybridized carbons (Fsp3) is 0.500. The van der Waals surface area contributed by atoms with E-state index in [1.54, 1.807) is 6.20 Å². The lowest BCUT2D eigenvalue weighted by Gasteiger charge is -2.17. The van der Waals surface area contributed by atoms with Crippen LogP contribution in [0.5, 0.6) is 0 Å². The Kier molecular flexibility index (Phi) is 3.54. The monoisotopic (exact) mass is 316 g/mol. The molecule has 10 heteroatoms. The van der Waals surface area contributed by atoms with E-state index in [1.807, 2.05) is 0 Å². The number of ether oxygens (including phenoxy) is 1. The number of thiazole rings is 1. The molecule has 2 aromatic rings. The normalized spacial score (nSPS) is 31.8. The van der Waals surface area contributed by atoms with Gasteiger partial charge in [0.05, 0.1) is 4.70 Å². The van der Waals surface area contributed by atoms with E-state index >= 15 is 0 Å². The van der Waals surface area contributed by atoms with Crippen LogP contribution in [0.3, 0.4) is 0 Å². The second-order valence-corrected chi connectivity index (χ2v) is 6.09. The maximum atomic E-state index is 10.1. The molecular weight excluding hydrogens is 304 g/mol. The Morgan fingerprint density at radius 3 is 2.85 bits per heavy atom. The summed E-state index contributed by atoms with van der Waals surface area (Å²) >= 11 is 6.50. The van der Waals surface area contributed by atoms with Gasteiger partial charge in [0.2, 0.25) is 0 Å². The van der Waals surface area contributed by atoms with Crippen LogP contribution >= 0.6 is 23.6 Å². The zero-order chi connectivity index (χ0) is 14.4. The smallest absolute Gasteiger partial charge is 0.166 e. The number of hydrogen-bond donors (Lipinski definition) is 4. The van der Waals surface area contributed by atoms with Gasteiger partial charge in [0.15, 0.2) is 15.8 Å². The van der Waals surface area contributed by atoms with Gasteiger partial charge in [0.1, 0.15) is 30.9 Å². The first-order valence-electron chi connectivity index (χ1n) is 5.77. The Hall–Kier alpha value is -1.01. The number of nitrogens with two attached hydrogens (primary N) is 1. The minimum Gasteiger partial charge on any atom is -0.387 e. The quantitative estimate of drug-likeness (QED) is 0.415. The first-order chi connectivity index (χ1) is 9.50. The molecule has 0 aromatic carbocycles. The summed E-state index contributed by atoms with van der Waals surface area (Å²) in [4.78, 5) is 8.00. The van der Waals surface area contributed by atoms with Crippen molar-refractivity contribution in [3.05, 3.63) is 16.5 Å². The van der Waals surface area contributed by atoms with Gasteiger partial charge in [-0.3, -0.25) is 4.57 Å². The number of nitrogens with zero attached hydrogens (tertiary/aromatic N) is 3. The second-order valence-electron chi connectivity index (χ2n) is 4.41. The fourth-order valence-corrected chi connectivity index (χ4v) is 3.49. The summed E-state index contributed by atoms with van der Waals surface area (Å²) in [6, 6.07) is 0. The lowest BCUT2D eigenvalue weighted by Crippen LogP contribution is -2.43. The van der Waals surface area contributed by atoms with Crippen LogP contribution in [0.15, 0.2) is 12.5 Å². The van der Waals surface area contributed by atoms with E-state index in [4.69, 9.17) is 22.7 Å². The van der Waals surface area contributed by atoms with Gasteiger partial charge in [-0.2, -0.15) is 0 Å². The van der Waals surface area contributed by atoms with Gasteiger partial charge in [-0.1, -0.05) is 0 Å². The molecule has 0 radical (unpaired) electrons. The number of rotatable bonds is 2. The van der Waals surface area contributed by atoms with Crippen molar-refractivity contribution in [2.24, 2.45) is 5.73 Å². The topological polar surface area (TPSA) is 127 Å². The zero-order valence-corrected chi connectivity index (χ0v) is 11.7. The van der Waals surface area contributed by atoms with E-state index in [9.17, 15) is 15.3 Å². The molecule has 1 aliphatic rings. The number of aromatic nitrogens is 3. The fourth-order valence-electron chi connectivity index (χ4n) is 2.20. The summed E-state index contributed by atoms with van der Waals surface area (Å²) in [6.07, 6.45) is -3.06. The van der Waals surface area contributed by atoms with Crippen molar-refractivity contribution < 1.29 is 20.1 Å². The Labute approximate surface area is 122 Å². The van der Waals surface area contributed by atoms with Crippen molar-refractivity contribution in [2.75, 3.05) is 0 Å². The Bertz CT molecular complexity index is 687. The molecule has 1 saturated heterocycles. The molecule has 2 aromatic heterocycles. The second kappa shape index (κ2) is 5.07. The summed E-state index contributed by atoms with van der Waals surface area (Å²) in [5, 5.41) is 29.3. The van der Waals surface area contributed by atoms with Gasteiger partial charge in [-0.25, -0.2) is 9.97 Å². The van der Waals surface area contributed by atoms with E-state index in [1.165, 1.54) is 22.2 Å². The molecule has 0 aliphatic carbocycles. The van der Waals surface area contributed by atoms with Crippen molar-refractivity contribution in [2.45, 2.75) is 30.8 Å². The molecule has 3 heterocycles. The van der Waals surface area contributed by atoms with Crippen molar-refractivity contribution >= 4 is 33.9 Å². The van der Waals surface area contributed by atoms with Gasteiger partial charge in [0, 0.05) is 6.20 Å². The van der Waals surface area contributed by atoms with Crippen LogP contribution in [0.4, 0.5) is 0 Å². The van der Waals surface area contributed by atoms with E-state index in [0.29, 0.717) is 9.60 Å². The molecule has 8 nitrogen and oxygen atoms in total. The van der Waals surface area contributed by atoms with Gasteiger partial charge in [0.25, 0.3) is 0 Å². The van der Waals surface area contributed by atoms with Crippen molar-refractivity contribution in [3.63, 3.8) is 0 Å². The van der Waals surface area contributed by atoms with Gasteiger partial charge in [-0.05, 0) is 12.2 Å². The number of aliphatic hydroxyl groups is 3. The number of fused-ring (bicyclic) bond motifs is 1. The average Bonchev–Trinajstić information content (AvgIpc) is 2.88. The minimum absolute atomic E-state index is 0.420. The zero-order valence-electron chi connectivity index (χ0n) is 10.0. The summed E-state index contributed by atoms with van der Waals surface area (Å²) in [5.74, 6) is 0. The summed E-state index contributed by atoms with van der Waals surface area (Å²) in [5.41, 5.74) is 5.82. The molecule has 1 unspecified atom stereocenters. The highest BCUT2D eigenvalue weighted by Crippen LogP contribution is 2.34. The van der Waals surface area contributed by atoms with E-state index in [2.05, 4.69) is 9.97 Å². The number of hydrogen-bond acceptors (Lipinski definition) is 9. The molecule has 5 atom stereocenters. The molecule has 3 rings (SSSR count). The maximum absolute atomic E-state index is 10.1. The summed E-state index contributed by atoms with van der Waals surface area (Å²) in [7, 11) is 0. The predicted molar refractivity (Wildman–Crippen MR) is 72.4 cm³/mol. The van der Waals surface area contributed by atoms with E-state index in [0.717, 1.165) is 4.70 Å². The molecular formula is C10H12N4O4S2. The van der Waals surface area contributed by atoms with Gasteiger partial charge in [-0.15, -0.1) is 11.3 Å².